The molecule has 3 nitrogen and oxygen atoms in total. The Kier molecular flexibility index (Phi) is 4.61. The van der Waals surface area contributed by atoms with E-state index in [1.54, 1.807) is 7.11 Å². The minimum Gasteiger partial charge on any atom is -0.380 e. The molecule has 3 heteroatoms. The van der Waals surface area contributed by atoms with Gasteiger partial charge in [-0.1, -0.05) is 26.0 Å². The van der Waals surface area contributed by atoms with Crippen LogP contribution in [0.5, 0.6) is 0 Å². The molecule has 0 amide bonds. The van der Waals surface area contributed by atoms with E-state index >= 15 is 0 Å². The first-order chi connectivity index (χ1) is 8.69. The fourth-order valence-corrected chi connectivity index (χ4v) is 2.30. The van der Waals surface area contributed by atoms with E-state index in [1.165, 1.54) is 11.3 Å². The minimum absolute atomic E-state index is 0.396. The van der Waals surface area contributed by atoms with Crippen LogP contribution < -0.4 is 10.2 Å². The molecule has 1 aromatic carbocycles. The molecule has 1 aliphatic heterocycles. The Bertz CT molecular complexity index is 361. The monoisotopic (exact) mass is 248 g/mol. The van der Waals surface area contributed by atoms with Gasteiger partial charge in [0, 0.05) is 38.5 Å². The van der Waals surface area contributed by atoms with Crippen molar-refractivity contribution in [2.24, 2.45) is 0 Å². The SMILES string of the molecule is COC1CCN(c2ccc(CNC(C)C)cc2)C1. The number of rotatable bonds is 5. The molecule has 0 spiro atoms. The summed E-state index contributed by atoms with van der Waals surface area (Å²) >= 11 is 0. The zero-order valence-electron chi connectivity index (χ0n) is 11.6. The summed E-state index contributed by atoms with van der Waals surface area (Å²) in [5, 5.41) is 3.43. The molecule has 1 heterocycles. The zero-order valence-corrected chi connectivity index (χ0v) is 11.6. The molecule has 1 aliphatic rings. The molecule has 0 radical (unpaired) electrons. The van der Waals surface area contributed by atoms with Crippen molar-refractivity contribution in [1.82, 2.24) is 5.32 Å². The molecular weight excluding hydrogens is 224 g/mol. The Hall–Kier alpha value is -1.06. The van der Waals surface area contributed by atoms with E-state index in [2.05, 4.69) is 48.3 Å². The molecular formula is C15H24N2O. The van der Waals surface area contributed by atoms with Crippen LogP contribution in [0.4, 0.5) is 5.69 Å². The molecule has 1 aromatic rings. The van der Waals surface area contributed by atoms with Crippen LogP contribution in [0.25, 0.3) is 0 Å². The van der Waals surface area contributed by atoms with Crippen LogP contribution >= 0.6 is 0 Å². The zero-order chi connectivity index (χ0) is 13.0. The summed E-state index contributed by atoms with van der Waals surface area (Å²) in [5.74, 6) is 0. The highest BCUT2D eigenvalue weighted by Crippen LogP contribution is 2.21. The van der Waals surface area contributed by atoms with E-state index < -0.39 is 0 Å². The van der Waals surface area contributed by atoms with Crippen LogP contribution in [-0.2, 0) is 11.3 Å². The molecule has 0 aromatic heterocycles. The first-order valence-corrected chi connectivity index (χ1v) is 6.79. The van der Waals surface area contributed by atoms with E-state index in [0.717, 1.165) is 26.1 Å². The van der Waals surface area contributed by atoms with Gasteiger partial charge in [0.1, 0.15) is 0 Å². The van der Waals surface area contributed by atoms with E-state index in [0.29, 0.717) is 12.1 Å². The van der Waals surface area contributed by atoms with Crippen LogP contribution in [0.15, 0.2) is 24.3 Å². The minimum atomic E-state index is 0.396. The quantitative estimate of drug-likeness (QED) is 0.866. The second-order valence-electron chi connectivity index (χ2n) is 5.29. The molecule has 1 N–H and O–H groups in total. The number of hydrogen-bond donors (Lipinski definition) is 1. The van der Waals surface area contributed by atoms with E-state index in [4.69, 9.17) is 4.74 Å². The van der Waals surface area contributed by atoms with Gasteiger partial charge < -0.3 is 15.0 Å². The maximum Gasteiger partial charge on any atom is 0.0762 e. The van der Waals surface area contributed by atoms with Gasteiger partial charge in [-0.15, -0.1) is 0 Å². The van der Waals surface area contributed by atoms with Gasteiger partial charge in [-0.2, -0.15) is 0 Å². The average molecular weight is 248 g/mol. The van der Waals surface area contributed by atoms with Gasteiger partial charge in [-0.3, -0.25) is 0 Å². The Morgan fingerprint density at radius 2 is 2.06 bits per heavy atom. The normalized spacial score (nSPS) is 19.8. The summed E-state index contributed by atoms with van der Waals surface area (Å²) in [6, 6.07) is 9.39. The number of methoxy groups -OCH3 is 1. The molecule has 1 saturated heterocycles. The number of anilines is 1. The summed E-state index contributed by atoms with van der Waals surface area (Å²) in [6.45, 7) is 7.40. The highest BCUT2D eigenvalue weighted by molar-refractivity contribution is 5.48. The summed E-state index contributed by atoms with van der Waals surface area (Å²) in [4.78, 5) is 2.40. The van der Waals surface area contributed by atoms with Crippen LogP contribution in [0.3, 0.4) is 0 Å². The molecule has 0 saturated carbocycles. The number of hydrogen-bond acceptors (Lipinski definition) is 3. The third-order valence-corrected chi connectivity index (χ3v) is 3.49. The summed E-state index contributed by atoms with van der Waals surface area (Å²) in [5.41, 5.74) is 2.65. The third-order valence-electron chi connectivity index (χ3n) is 3.49. The van der Waals surface area contributed by atoms with Gasteiger partial charge in [-0.05, 0) is 24.1 Å². The maximum atomic E-state index is 5.40. The lowest BCUT2D eigenvalue weighted by atomic mass is 10.2. The van der Waals surface area contributed by atoms with Gasteiger partial charge >= 0.3 is 0 Å². The largest absolute Gasteiger partial charge is 0.380 e. The molecule has 1 unspecified atom stereocenters. The molecule has 18 heavy (non-hydrogen) atoms. The molecule has 100 valence electrons. The highest BCUT2D eigenvalue weighted by atomic mass is 16.5. The lowest BCUT2D eigenvalue weighted by Gasteiger charge is -2.19. The Morgan fingerprint density at radius 1 is 1.33 bits per heavy atom. The third kappa shape index (κ3) is 3.47. The molecule has 0 aliphatic carbocycles. The number of ether oxygens (including phenoxy) is 1. The van der Waals surface area contributed by atoms with Crippen LogP contribution in [0.1, 0.15) is 25.8 Å². The van der Waals surface area contributed by atoms with Crippen LogP contribution in [-0.4, -0.2) is 32.3 Å². The summed E-state index contributed by atoms with van der Waals surface area (Å²) in [6.07, 6.45) is 1.53. The van der Waals surface area contributed by atoms with Crippen molar-refractivity contribution < 1.29 is 4.74 Å². The van der Waals surface area contributed by atoms with Crippen molar-refractivity contribution in [2.45, 2.75) is 39.0 Å². The van der Waals surface area contributed by atoms with Gasteiger partial charge in [0.05, 0.1) is 6.10 Å². The predicted molar refractivity (Wildman–Crippen MR) is 76.0 cm³/mol. The van der Waals surface area contributed by atoms with E-state index in [-0.39, 0.29) is 0 Å². The van der Waals surface area contributed by atoms with Crippen LogP contribution in [0.2, 0.25) is 0 Å². The topological polar surface area (TPSA) is 24.5 Å². The van der Waals surface area contributed by atoms with Gasteiger partial charge in [0.2, 0.25) is 0 Å². The molecule has 1 fully saturated rings. The van der Waals surface area contributed by atoms with Gasteiger partial charge in [-0.25, -0.2) is 0 Å². The lowest BCUT2D eigenvalue weighted by molar-refractivity contribution is 0.121. The van der Waals surface area contributed by atoms with Crippen molar-refractivity contribution in [2.75, 3.05) is 25.1 Å². The average Bonchev–Trinajstić information content (AvgIpc) is 2.85. The van der Waals surface area contributed by atoms with Gasteiger partial charge in [0.25, 0.3) is 0 Å². The Balaban J connectivity index is 1.91. The second kappa shape index (κ2) is 6.21. The summed E-state index contributed by atoms with van der Waals surface area (Å²) < 4.78 is 5.40. The van der Waals surface area contributed by atoms with E-state index in [1.807, 2.05) is 0 Å². The van der Waals surface area contributed by atoms with Crippen molar-refractivity contribution in [1.29, 1.82) is 0 Å². The number of nitrogens with one attached hydrogen (secondary N) is 1. The van der Waals surface area contributed by atoms with Crippen LogP contribution in [0, 0.1) is 0 Å². The van der Waals surface area contributed by atoms with Crippen molar-refractivity contribution in [3.05, 3.63) is 29.8 Å². The fourth-order valence-electron chi connectivity index (χ4n) is 2.30. The first-order valence-electron chi connectivity index (χ1n) is 6.79. The van der Waals surface area contributed by atoms with E-state index in [9.17, 15) is 0 Å². The molecule has 2 rings (SSSR count). The number of nitrogens with zero attached hydrogens (tertiary/aromatic N) is 1. The smallest absolute Gasteiger partial charge is 0.0762 e. The van der Waals surface area contributed by atoms with Crippen molar-refractivity contribution in [3.63, 3.8) is 0 Å². The molecule has 0 bridgehead atoms. The maximum absolute atomic E-state index is 5.40. The Labute approximate surface area is 110 Å². The predicted octanol–water partition coefficient (Wildman–Crippen LogP) is 2.41. The second-order valence-corrected chi connectivity index (χ2v) is 5.29. The van der Waals surface area contributed by atoms with Gasteiger partial charge in [0.15, 0.2) is 0 Å². The Morgan fingerprint density at radius 3 is 2.61 bits per heavy atom. The highest BCUT2D eigenvalue weighted by Gasteiger charge is 2.21. The fraction of sp³-hybridized carbons (Fsp3) is 0.600. The lowest BCUT2D eigenvalue weighted by Crippen LogP contribution is -2.23. The summed E-state index contributed by atoms with van der Waals surface area (Å²) in [7, 11) is 1.80. The first kappa shape index (κ1) is 13.4. The van der Waals surface area contributed by atoms with Crippen molar-refractivity contribution in [3.8, 4) is 0 Å². The van der Waals surface area contributed by atoms with Crippen molar-refractivity contribution >= 4 is 5.69 Å². The number of benzene rings is 1. The molecule has 1 atom stereocenters. The standard InChI is InChI=1S/C15H24N2O/c1-12(2)16-10-13-4-6-14(7-5-13)17-9-8-15(11-17)18-3/h4-7,12,15-16H,8-11H2,1-3H3.